The van der Waals surface area contributed by atoms with Crippen molar-refractivity contribution in [1.29, 1.82) is 0 Å². The van der Waals surface area contributed by atoms with Crippen LogP contribution in [0, 0.1) is 0 Å². The van der Waals surface area contributed by atoms with Gasteiger partial charge in [-0.2, -0.15) is 13.2 Å². The third-order valence-electron chi connectivity index (χ3n) is 3.34. The number of nitrogens with two attached hydrogens (primary N) is 1. The molecule has 0 saturated carbocycles. The van der Waals surface area contributed by atoms with Crippen molar-refractivity contribution in [2.75, 3.05) is 32.7 Å². The first kappa shape index (κ1) is 20.1. The smallest absolute Gasteiger partial charge is 0.417 e. The predicted octanol–water partition coefficient (Wildman–Crippen LogP) is 2.92. The van der Waals surface area contributed by atoms with E-state index in [0.717, 1.165) is 12.1 Å². The van der Waals surface area contributed by atoms with Gasteiger partial charge in [0.25, 0.3) is 0 Å². The van der Waals surface area contributed by atoms with Gasteiger partial charge < -0.3 is 25.3 Å². The fourth-order valence-corrected chi connectivity index (χ4v) is 2.05. The molecule has 3 N–H and O–H groups in total. The molecule has 0 radical (unpaired) electrons. The predicted molar refractivity (Wildman–Crippen MR) is 94.4 cm³/mol. The lowest BCUT2D eigenvalue weighted by molar-refractivity contribution is -0.137. The van der Waals surface area contributed by atoms with Gasteiger partial charge >= 0.3 is 6.18 Å². The molecule has 0 amide bonds. The first-order valence-corrected chi connectivity index (χ1v) is 7.78. The zero-order chi connectivity index (χ0) is 19.9. The Balaban J connectivity index is 1.84. The molecule has 27 heavy (non-hydrogen) atoms. The largest absolute Gasteiger partial charge is 0.493 e. The highest BCUT2D eigenvalue weighted by atomic mass is 19.4. The number of nitrogens with one attached hydrogen (secondary N) is 1. The van der Waals surface area contributed by atoms with Crippen LogP contribution in [0.25, 0.3) is 0 Å². The fourth-order valence-electron chi connectivity index (χ4n) is 2.05. The van der Waals surface area contributed by atoms with E-state index < -0.39 is 11.7 Å². The summed E-state index contributed by atoms with van der Waals surface area (Å²) in [6, 6.07) is 7.21. The van der Waals surface area contributed by atoms with E-state index in [1.165, 1.54) is 14.2 Å². The van der Waals surface area contributed by atoms with Crippen LogP contribution in [0.1, 0.15) is 5.56 Å². The van der Waals surface area contributed by atoms with E-state index in [1.54, 1.807) is 18.2 Å². The van der Waals surface area contributed by atoms with E-state index in [-0.39, 0.29) is 25.0 Å². The number of aromatic nitrogens is 1. The number of nitrogens with zero attached hydrogens (tertiary/aromatic N) is 2. The summed E-state index contributed by atoms with van der Waals surface area (Å²) in [6.45, 7) is 0.293. The zero-order valence-corrected chi connectivity index (χ0v) is 14.7. The molecule has 2 rings (SSSR count). The van der Waals surface area contributed by atoms with Gasteiger partial charge in [-0.1, -0.05) is 0 Å². The van der Waals surface area contributed by atoms with Crippen LogP contribution in [-0.4, -0.2) is 38.3 Å². The molecule has 0 aliphatic heterocycles. The number of ether oxygens (including phenoxy) is 3. The molecule has 146 valence electrons. The number of hydrogen-bond acceptors (Lipinski definition) is 5. The fraction of sp³-hybridized carbons (Fsp3) is 0.294. The van der Waals surface area contributed by atoms with Gasteiger partial charge in [-0.05, 0) is 18.2 Å². The van der Waals surface area contributed by atoms with Gasteiger partial charge in [0.1, 0.15) is 6.61 Å². The average Bonchev–Trinajstić information content (AvgIpc) is 2.64. The highest BCUT2D eigenvalue weighted by Gasteiger charge is 2.30. The summed E-state index contributed by atoms with van der Waals surface area (Å²) >= 11 is 0. The summed E-state index contributed by atoms with van der Waals surface area (Å²) in [5, 5.41) is 2.89. The first-order chi connectivity index (χ1) is 12.8. The number of pyridine rings is 1. The quantitative estimate of drug-likeness (QED) is 0.433. The number of hydrogen-bond donors (Lipinski definition) is 2. The Morgan fingerprint density at radius 3 is 2.48 bits per heavy atom. The van der Waals surface area contributed by atoms with Crippen molar-refractivity contribution in [2.45, 2.75) is 6.18 Å². The second-order valence-corrected chi connectivity index (χ2v) is 5.19. The number of alkyl halides is 3. The third kappa shape index (κ3) is 5.94. The van der Waals surface area contributed by atoms with Crippen molar-refractivity contribution in [3.8, 4) is 17.4 Å². The number of rotatable bonds is 7. The van der Waals surface area contributed by atoms with Crippen LogP contribution in [0.5, 0.6) is 17.4 Å². The molecule has 10 heteroatoms. The van der Waals surface area contributed by atoms with E-state index in [1.807, 2.05) is 0 Å². The van der Waals surface area contributed by atoms with Crippen molar-refractivity contribution < 1.29 is 27.4 Å². The Morgan fingerprint density at radius 1 is 1.15 bits per heavy atom. The van der Waals surface area contributed by atoms with Crippen molar-refractivity contribution in [3.63, 3.8) is 0 Å². The van der Waals surface area contributed by atoms with Crippen LogP contribution < -0.4 is 25.3 Å². The highest BCUT2D eigenvalue weighted by Crippen LogP contribution is 2.30. The SMILES string of the molecule is COc1ccc(NC(N)=NCCOc2ccc(C(F)(F)F)cn2)cc1OC. The van der Waals surface area contributed by atoms with Crippen LogP contribution in [0.15, 0.2) is 41.5 Å². The standard InChI is InChI=1S/C17H19F3N4O3/c1-25-13-5-4-12(9-14(13)26-2)24-16(21)22-7-8-27-15-6-3-11(10-23-15)17(18,19)20/h3-6,9-10H,7-8H2,1-2H3,(H3,21,22,24). The Hall–Kier alpha value is -3.17. The van der Waals surface area contributed by atoms with Crippen LogP contribution in [-0.2, 0) is 6.18 Å². The van der Waals surface area contributed by atoms with E-state index in [0.29, 0.717) is 23.4 Å². The molecule has 7 nitrogen and oxygen atoms in total. The zero-order valence-electron chi connectivity index (χ0n) is 14.7. The molecule has 0 aliphatic carbocycles. The van der Waals surface area contributed by atoms with Gasteiger partial charge in [0.2, 0.25) is 5.88 Å². The third-order valence-corrected chi connectivity index (χ3v) is 3.34. The van der Waals surface area contributed by atoms with E-state index in [2.05, 4.69) is 15.3 Å². The lowest BCUT2D eigenvalue weighted by Gasteiger charge is -2.11. The average molecular weight is 384 g/mol. The minimum absolute atomic E-state index is 0.0737. The van der Waals surface area contributed by atoms with Crippen LogP contribution >= 0.6 is 0 Å². The Kier molecular flexibility index (Phi) is 6.69. The number of anilines is 1. The second kappa shape index (κ2) is 8.97. The molecule has 0 bridgehead atoms. The molecular formula is C17H19F3N4O3. The second-order valence-electron chi connectivity index (χ2n) is 5.19. The number of methoxy groups -OCH3 is 2. The molecule has 0 spiro atoms. The summed E-state index contributed by atoms with van der Waals surface area (Å²) in [4.78, 5) is 7.67. The maximum atomic E-state index is 12.4. The molecule has 0 aliphatic rings. The molecule has 0 unspecified atom stereocenters. The first-order valence-electron chi connectivity index (χ1n) is 7.78. The Morgan fingerprint density at radius 2 is 1.89 bits per heavy atom. The molecule has 0 fully saturated rings. The Bertz CT molecular complexity index is 780. The van der Waals surface area contributed by atoms with Crippen molar-refractivity contribution in [1.82, 2.24) is 4.98 Å². The van der Waals surface area contributed by atoms with Crippen molar-refractivity contribution in [3.05, 3.63) is 42.1 Å². The monoisotopic (exact) mass is 384 g/mol. The Labute approximate surface area is 154 Å². The molecular weight excluding hydrogens is 365 g/mol. The lowest BCUT2D eigenvalue weighted by atomic mass is 10.3. The van der Waals surface area contributed by atoms with Crippen LogP contribution in [0.4, 0.5) is 18.9 Å². The highest BCUT2D eigenvalue weighted by molar-refractivity contribution is 5.92. The summed E-state index contributed by atoms with van der Waals surface area (Å²) in [7, 11) is 3.05. The number of guanidine groups is 1. The molecule has 0 atom stereocenters. The topological polar surface area (TPSA) is 91.0 Å². The minimum atomic E-state index is -4.43. The van der Waals surface area contributed by atoms with E-state index >= 15 is 0 Å². The van der Waals surface area contributed by atoms with Gasteiger partial charge in [-0.25, -0.2) is 9.98 Å². The summed E-state index contributed by atoms with van der Waals surface area (Å²) in [6.07, 6.45) is -3.72. The normalized spacial score (nSPS) is 11.8. The van der Waals surface area contributed by atoms with Gasteiger partial charge in [0.05, 0.1) is 26.3 Å². The minimum Gasteiger partial charge on any atom is -0.493 e. The lowest BCUT2D eigenvalue weighted by Crippen LogP contribution is -2.23. The number of aliphatic imine (C=N–C) groups is 1. The molecule has 1 aromatic heterocycles. The summed E-state index contributed by atoms with van der Waals surface area (Å²) < 4.78 is 52.9. The van der Waals surface area contributed by atoms with Gasteiger partial charge in [0.15, 0.2) is 17.5 Å². The summed E-state index contributed by atoms with van der Waals surface area (Å²) in [5.74, 6) is 1.33. The number of benzene rings is 1. The van der Waals surface area contributed by atoms with E-state index in [9.17, 15) is 13.2 Å². The van der Waals surface area contributed by atoms with Gasteiger partial charge in [-0.15, -0.1) is 0 Å². The van der Waals surface area contributed by atoms with Crippen molar-refractivity contribution >= 4 is 11.6 Å². The maximum absolute atomic E-state index is 12.4. The van der Waals surface area contributed by atoms with Crippen molar-refractivity contribution in [2.24, 2.45) is 10.7 Å². The van der Waals surface area contributed by atoms with Gasteiger partial charge in [-0.3, -0.25) is 0 Å². The molecule has 0 saturated heterocycles. The molecule has 1 aromatic carbocycles. The van der Waals surface area contributed by atoms with Crippen LogP contribution in [0.2, 0.25) is 0 Å². The number of halogens is 3. The van der Waals surface area contributed by atoms with E-state index in [4.69, 9.17) is 19.9 Å². The van der Waals surface area contributed by atoms with Crippen LogP contribution in [0.3, 0.4) is 0 Å². The molecule has 2 aromatic rings. The summed E-state index contributed by atoms with van der Waals surface area (Å²) in [5.41, 5.74) is 5.60. The molecule has 1 heterocycles. The maximum Gasteiger partial charge on any atom is 0.417 e. The van der Waals surface area contributed by atoms with Gasteiger partial charge in [0, 0.05) is 24.0 Å².